The van der Waals surface area contributed by atoms with Crippen LogP contribution in [0.3, 0.4) is 0 Å². The van der Waals surface area contributed by atoms with E-state index in [1.54, 1.807) is 0 Å². The number of hydrogen-bond acceptors (Lipinski definition) is 4. The van der Waals surface area contributed by atoms with Gasteiger partial charge in [-0.1, -0.05) is 6.07 Å². The van der Waals surface area contributed by atoms with Gasteiger partial charge in [-0.25, -0.2) is 4.98 Å². The molecule has 18 heavy (non-hydrogen) atoms. The van der Waals surface area contributed by atoms with E-state index in [4.69, 9.17) is 10.2 Å². The van der Waals surface area contributed by atoms with Gasteiger partial charge in [0, 0.05) is 13.0 Å². The van der Waals surface area contributed by atoms with Gasteiger partial charge in [0.15, 0.2) is 11.5 Å². The summed E-state index contributed by atoms with van der Waals surface area (Å²) in [6.07, 6.45) is 2.01. The normalized spacial score (nSPS) is 13.1. The van der Waals surface area contributed by atoms with Crippen LogP contribution in [0.1, 0.15) is 24.8 Å². The molecule has 1 heterocycles. The number of nitrogens with one attached hydrogen (secondary N) is 1. The summed E-state index contributed by atoms with van der Waals surface area (Å²) < 4.78 is 5.52. The average molecular weight is 247 g/mol. The first-order valence-electron chi connectivity index (χ1n) is 6.47. The molecule has 0 amide bonds. The number of oxazole rings is 1. The van der Waals surface area contributed by atoms with Gasteiger partial charge in [0.2, 0.25) is 0 Å². The highest BCUT2D eigenvalue weighted by Gasteiger charge is 2.03. The van der Waals surface area contributed by atoms with Crippen molar-refractivity contribution in [1.82, 2.24) is 10.3 Å². The summed E-state index contributed by atoms with van der Waals surface area (Å²) in [5.41, 5.74) is 8.77. The van der Waals surface area contributed by atoms with Crippen molar-refractivity contribution in [2.75, 3.05) is 13.1 Å². The zero-order chi connectivity index (χ0) is 13.0. The van der Waals surface area contributed by atoms with E-state index in [2.05, 4.69) is 22.4 Å². The van der Waals surface area contributed by atoms with Crippen LogP contribution in [0.2, 0.25) is 0 Å². The van der Waals surface area contributed by atoms with Gasteiger partial charge < -0.3 is 15.5 Å². The van der Waals surface area contributed by atoms with Crippen LogP contribution in [0.5, 0.6) is 0 Å². The predicted molar refractivity (Wildman–Crippen MR) is 73.6 cm³/mol. The Balaban J connectivity index is 1.84. The summed E-state index contributed by atoms with van der Waals surface area (Å²) in [5.74, 6) is 0.720. The lowest BCUT2D eigenvalue weighted by molar-refractivity contribution is 0.560. The maximum absolute atomic E-state index is 5.69. The molecule has 98 valence electrons. The number of aromatic nitrogens is 1. The van der Waals surface area contributed by atoms with Gasteiger partial charge in [-0.3, -0.25) is 0 Å². The number of nitrogens with two attached hydrogens (primary N) is 1. The van der Waals surface area contributed by atoms with E-state index in [0.29, 0.717) is 0 Å². The molecule has 0 fully saturated rings. The fourth-order valence-electron chi connectivity index (χ4n) is 1.93. The lowest BCUT2D eigenvalue weighted by Gasteiger charge is -2.06. The molecule has 0 spiro atoms. The van der Waals surface area contributed by atoms with E-state index >= 15 is 0 Å². The highest BCUT2D eigenvalue weighted by atomic mass is 16.3. The average Bonchev–Trinajstić information content (AvgIpc) is 2.67. The van der Waals surface area contributed by atoms with Gasteiger partial charge in [0.1, 0.15) is 5.52 Å². The summed E-state index contributed by atoms with van der Waals surface area (Å²) in [4.78, 5) is 4.29. The molecule has 2 rings (SSSR count). The first-order chi connectivity index (χ1) is 8.65. The van der Waals surface area contributed by atoms with Crippen molar-refractivity contribution >= 4 is 11.1 Å². The SMILES string of the molecule is Cc1nc2ccc(CCNCCC(C)N)cc2o1. The van der Waals surface area contributed by atoms with Crippen LogP contribution < -0.4 is 11.1 Å². The quantitative estimate of drug-likeness (QED) is 0.766. The Labute approximate surface area is 108 Å². The second-order valence-electron chi connectivity index (χ2n) is 4.80. The zero-order valence-corrected chi connectivity index (χ0v) is 11.1. The van der Waals surface area contributed by atoms with Gasteiger partial charge in [-0.2, -0.15) is 0 Å². The van der Waals surface area contributed by atoms with E-state index in [1.165, 1.54) is 5.56 Å². The Morgan fingerprint density at radius 2 is 2.22 bits per heavy atom. The highest BCUT2D eigenvalue weighted by Crippen LogP contribution is 2.16. The lowest BCUT2D eigenvalue weighted by Crippen LogP contribution is -2.25. The Bertz CT molecular complexity index is 505. The second-order valence-corrected chi connectivity index (χ2v) is 4.80. The molecule has 0 saturated heterocycles. The Morgan fingerprint density at radius 3 is 3.00 bits per heavy atom. The van der Waals surface area contributed by atoms with Gasteiger partial charge in [0.05, 0.1) is 0 Å². The minimum absolute atomic E-state index is 0.269. The van der Waals surface area contributed by atoms with Crippen molar-refractivity contribution in [3.8, 4) is 0 Å². The van der Waals surface area contributed by atoms with Crippen LogP contribution >= 0.6 is 0 Å². The molecule has 4 heteroatoms. The third-order valence-corrected chi connectivity index (χ3v) is 2.93. The van der Waals surface area contributed by atoms with Gasteiger partial charge in [-0.15, -0.1) is 0 Å². The molecule has 1 unspecified atom stereocenters. The third-order valence-electron chi connectivity index (χ3n) is 2.93. The first kappa shape index (κ1) is 13.1. The Hall–Kier alpha value is -1.39. The van der Waals surface area contributed by atoms with Crippen LogP contribution in [0.15, 0.2) is 22.6 Å². The van der Waals surface area contributed by atoms with Crippen molar-refractivity contribution in [3.63, 3.8) is 0 Å². The zero-order valence-electron chi connectivity index (χ0n) is 11.1. The summed E-state index contributed by atoms with van der Waals surface area (Å²) in [6.45, 7) is 5.84. The molecule has 3 N–H and O–H groups in total. The number of rotatable bonds is 6. The molecular weight excluding hydrogens is 226 g/mol. The molecule has 0 aliphatic carbocycles. The van der Waals surface area contributed by atoms with Crippen LogP contribution in [-0.2, 0) is 6.42 Å². The fraction of sp³-hybridized carbons (Fsp3) is 0.500. The number of benzene rings is 1. The van der Waals surface area contributed by atoms with Gasteiger partial charge in [0.25, 0.3) is 0 Å². The van der Waals surface area contributed by atoms with E-state index in [1.807, 2.05) is 19.9 Å². The fourth-order valence-corrected chi connectivity index (χ4v) is 1.93. The smallest absolute Gasteiger partial charge is 0.192 e. The van der Waals surface area contributed by atoms with Crippen LogP contribution in [0.25, 0.3) is 11.1 Å². The summed E-state index contributed by atoms with van der Waals surface area (Å²) >= 11 is 0. The Kier molecular flexibility index (Phi) is 4.33. The van der Waals surface area contributed by atoms with E-state index in [-0.39, 0.29) is 6.04 Å². The largest absolute Gasteiger partial charge is 0.441 e. The summed E-state index contributed by atoms with van der Waals surface area (Å²) in [6, 6.07) is 6.47. The molecule has 0 aliphatic rings. The predicted octanol–water partition coefficient (Wildman–Crippen LogP) is 2.01. The molecule has 1 aromatic carbocycles. The summed E-state index contributed by atoms with van der Waals surface area (Å²) in [7, 11) is 0. The number of aryl methyl sites for hydroxylation is 1. The molecule has 1 atom stereocenters. The Morgan fingerprint density at radius 1 is 1.39 bits per heavy atom. The van der Waals surface area contributed by atoms with Crippen LogP contribution in [0, 0.1) is 6.92 Å². The minimum atomic E-state index is 0.269. The standard InChI is InChI=1S/C14H21N3O/c1-10(15)5-7-16-8-6-12-3-4-13-14(9-12)18-11(2)17-13/h3-4,9-10,16H,5-8,15H2,1-2H3. The highest BCUT2D eigenvalue weighted by molar-refractivity contribution is 5.73. The van der Waals surface area contributed by atoms with Crippen molar-refractivity contribution in [2.24, 2.45) is 5.73 Å². The van der Waals surface area contributed by atoms with E-state index in [0.717, 1.165) is 42.9 Å². The molecule has 0 radical (unpaired) electrons. The molecule has 1 aromatic heterocycles. The van der Waals surface area contributed by atoms with E-state index in [9.17, 15) is 0 Å². The number of nitrogens with zero attached hydrogens (tertiary/aromatic N) is 1. The number of hydrogen-bond donors (Lipinski definition) is 2. The van der Waals surface area contributed by atoms with Crippen molar-refractivity contribution < 1.29 is 4.42 Å². The maximum atomic E-state index is 5.69. The molecular formula is C14H21N3O. The maximum Gasteiger partial charge on any atom is 0.192 e. The van der Waals surface area contributed by atoms with Gasteiger partial charge >= 0.3 is 0 Å². The van der Waals surface area contributed by atoms with Crippen molar-refractivity contribution in [1.29, 1.82) is 0 Å². The monoisotopic (exact) mass is 247 g/mol. The first-order valence-corrected chi connectivity index (χ1v) is 6.47. The lowest BCUT2D eigenvalue weighted by atomic mass is 10.1. The molecule has 0 saturated carbocycles. The van der Waals surface area contributed by atoms with Crippen LogP contribution in [0.4, 0.5) is 0 Å². The minimum Gasteiger partial charge on any atom is -0.441 e. The third kappa shape index (κ3) is 3.55. The summed E-state index contributed by atoms with van der Waals surface area (Å²) in [5, 5.41) is 3.39. The molecule has 0 aliphatic heterocycles. The molecule has 4 nitrogen and oxygen atoms in total. The number of fused-ring (bicyclic) bond motifs is 1. The van der Waals surface area contributed by atoms with Crippen molar-refractivity contribution in [2.45, 2.75) is 32.7 Å². The van der Waals surface area contributed by atoms with Crippen LogP contribution in [-0.4, -0.2) is 24.1 Å². The molecule has 0 bridgehead atoms. The van der Waals surface area contributed by atoms with E-state index < -0.39 is 0 Å². The van der Waals surface area contributed by atoms with Crippen molar-refractivity contribution in [3.05, 3.63) is 29.7 Å². The van der Waals surface area contributed by atoms with Gasteiger partial charge in [-0.05, 0) is 50.6 Å². The second kappa shape index (κ2) is 5.98. The molecule has 2 aromatic rings. The topological polar surface area (TPSA) is 64.1 Å².